The molecule has 0 unspecified atom stereocenters. The number of hydrogen-bond donors (Lipinski definition) is 2. The Kier molecular flexibility index (Phi) is 5.83. The molecule has 0 amide bonds. The second kappa shape index (κ2) is 7.62. The molecule has 0 spiro atoms. The summed E-state index contributed by atoms with van der Waals surface area (Å²) in [5.74, 6) is 0. The zero-order valence-corrected chi connectivity index (χ0v) is 13.0. The number of hydrogen-bond acceptors (Lipinski definition) is 2. The summed E-state index contributed by atoms with van der Waals surface area (Å²) in [7, 11) is 0. The summed E-state index contributed by atoms with van der Waals surface area (Å²) in [4.78, 5) is 0. The summed E-state index contributed by atoms with van der Waals surface area (Å²) < 4.78 is 0. The molecule has 0 aliphatic rings. The van der Waals surface area contributed by atoms with Crippen molar-refractivity contribution in [3.8, 4) is 0 Å². The van der Waals surface area contributed by atoms with Crippen molar-refractivity contribution in [2.45, 2.75) is 12.5 Å². The molecule has 1 atom stereocenters. The third-order valence-electron chi connectivity index (χ3n) is 3.18. The van der Waals surface area contributed by atoms with E-state index in [2.05, 4.69) is 0 Å². The molecule has 0 bridgehead atoms. The first-order valence-corrected chi connectivity index (χ1v) is 7.47. The van der Waals surface area contributed by atoms with Gasteiger partial charge in [-0.1, -0.05) is 59.6 Å². The summed E-state index contributed by atoms with van der Waals surface area (Å²) in [5, 5.41) is 11.2. The third kappa shape index (κ3) is 4.32. The molecule has 0 heterocycles. The number of nitrogens with two attached hydrogens (primary N) is 1. The summed E-state index contributed by atoms with van der Waals surface area (Å²) in [6.45, 7) is 0.455. The lowest BCUT2D eigenvalue weighted by atomic mass is 10.0. The van der Waals surface area contributed by atoms with Crippen LogP contribution in [-0.4, -0.2) is 11.7 Å². The molecule has 2 nitrogen and oxygen atoms in total. The maximum Gasteiger partial charge on any atom is 0.0802 e. The van der Waals surface area contributed by atoms with E-state index in [9.17, 15) is 5.11 Å². The fourth-order valence-electron chi connectivity index (χ4n) is 2.04. The predicted octanol–water partition coefficient (Wildman–Crippen LogP) is 4.55. The molecule has 0 fully saturated rings. The van der Waals surface area contributed by atoms with Gasteiger partial charge < -0.3 is 10.8 Å². The van der Waals surface area contributed by atoms with Crippen LogP contribution in [0.15, 0.2) is 42.5 Å². The number of aliphatic hydroxyl groups is 1. The van der Waals surface area contributed by atoms with Crippen molar-refractivity contribution in [2.24, 2.45) is 5.73 Å². The second-order valence-corrected chi connectivity index (χ2v) is 5.55. The van der Waals surface area contributed by atoms with E-state index in [1.807, 2.05) is 42.5 Å². The van der Waals surface area contributed by atoms with Crippen LogP contribution in [0.5, 0.6) is 0 Å². The molecule has 0 radical (unpaired) electrons. The van der Waals surface area contributed by atoms with Crippen molar-refractivity contribution in [3.63, 3.8) is 0 Å². The highest BCUT2D eigenvalue weighted by molar-refractivity contribution is 6.37. The van der Waals surface area contributed by atoms with Gasteiger partial charge in [-0.15, -0.1) is 0 Å². The van der Waals surface area contributed by atoms with Crippen LogP contribution in [0.1, 0.15) is 29.2 Å². The van der Waals surface area contributed by atoms with Crippen molar-refractivity contribution < 1.29 is 5.11 Å². The molecule has 3 N–H and O–H groups in total. The first kappa shape index (κ1) is 16.1. The monoisotopic (exact) mass is 321 g/mol. The standard InChI is InChI=1S/C17H17Cl2NO/c18-15-5-2-6-16(19)14(15)8-7-12-3-1-4-13(11-12)17(21)9-10-20/h1-8,11,17,21H,9-10,20H2/t17-/m0/s1. The van der Waals surface area contributed by atoms with E-state index in [0.717, 1.165) is 16.7 Å². The molecule has 21 heavy (non-hydrogen) atoms. The molecule has 110 valence electrons. The third-order valence-corrected chi connectivity index (χ3v) is 3.84. The molecular weight excluding hydrogens is 305 g/mol. The first-order valence-electron chi connectivity index (χ1n) is 6.72. The van der Waals surface area contributed by atoms with Gasteiger partial charge in [-0.25, -0.2) is 0 Å². The van der Waals surface area contributed by atoms with Crippen LogP contribution in [0.4, 0.5) is 0 Å². The molecule has 2 aromatic rings. The molecule has 2 rings (SSSR count). The summed E-state index contributed by atoms with van der Waals surface area (Å²) in [5.41, 5.74) is 8.08. The van der Waals surface area contributed by atoms with Gasteiger partial charge >= 0.3 is 0 Å². The molecule has 2 aromatic carbocycles. The highest BCUT2D eigenvalue weighted by atomic mass is 35.5. The number of benzene rings is 2. The summed E-state index contributed by atoms with van der Waals surface area (Å²) in [6, 6.07) is 13.1. The lowest BCUT2D eigenvalue weighted by Crippen LogP contribution is -2.06. The van der Waals surface area contributed by atoms with Gasteiger partial charge in [0.05, 0.1) is 6.10 Å². The Morgan fingerprint density at radius 3 is 2.38 bits per heavy atom. The molecular formula is C17H17Cl2NO. The van der Waals surface area contributed by atoms with Crippen LogP contribution in [0.3, 0.4) is 0 Å². The van der Waals surface area contributed by atoms with E-state index in [1.54, 1.807) is 12.1 Å². The zero-order valence-electron chi connectivity index (χ0n) is 11.5. The smallest absolute Gasteiger partial charge is 0.0802 e. The number of aliphatic hydroxyl groups excluding tert-OH is 1. The van der Waals surface area contributed by atoms with E-state index < -0.39 is 6.10 Å². The predicted molar refractivity (Wildman–Crippen MR) is 90.5 cm³/mol. The fourth-order valence-corrected chi connectivity index (χ4v) is 2.57. The largest absolute Gasteiger partial charge is 0.388 e. The zero-order chi connectivity index (χ0) is 15.2. The number of rotatable bonds is 5. The molecule has 0 aliphatic heterocycles. The van der Waals surface area contributed by atoms with Crippen molar-refractivity contribution >= 4 is 35.4 Å². The minimum atomic E-state index is -0.535. The molecule has 0 aliphatic carbocycles. The minimum absolute atomic E-state index is 0.455. The van der Waals surface area contributed by atoms with Gasteiger partial charge in [-0.05, 0) is 42.3 Å². The Morgan fingerprint density at radius 2 is 1.71 bits per heavy atom. The van der Waals surface area contributed by atoms with Gasteiger partial charge in [0.1, 0.15) is 0 Å². The Bertz CT molecular complexity index is 620. The molecule has 4 heteroatoms. The Labute approximate surface area is 134 Å². The van der Waals surface area contributed by atoms with Crippen LogP contribution in [0.25, 0.3) is 12.2 Å². The van der Waals surface area contributed by atoms with Crippen molar-refractivity contribution in [3.05, 3.63) is 69.2 Å². The molecule has 0 saturated heterocycles. The van der Waals surface area contributed by atoms with Gasteiger partial charge in [0.15, 0.2) is 0 Å². The van der Waals surface area contributed by atoms with Gasteiger partial charge in [-0.3, -0.25) is 0 Å². The lowest BCUT2D eigenvalue weighted by Gasteiger charge is -2.10. The maximum atomic E-state index is 9.97. The van der Waals surface area contributed by atoms with Crippen LogP contribution in [-0.2, 0) is 0 Å². The van der Waals surface area contributed by atoms with E-state index in [1.165, 1.54) is 0 Å². The topological polar surface area (TPSA) is 46.2 Å². The maximum absolute atomic E-state index is 9.97. The van der Waals surface area contributed by atoms with Gasteiger partial charge in [0, 0.05) is 15.6 Å². The van der Waals surface area contributed by atoms with E-state index in [0.29, 0.717) is 23.0 Å². The van der Waals surface area contributed by atoms with Gasteiger partial charge in [0.2, 0.25) is 0 Å². The quantitative estimate of drug-likeness (QED) is 0.794. The van der Waals surface area contributed by atoms with Crippen LogP contribution >= 0.6 is 23.2 Å². The summed E-state index contributed by atoms with van der Waals surface area (Å²) >= 11 is 12.3. The highest BCUT2D eigenvalue weighted by Crippen LogP contribution is 2.26. The highest BCUT2D eigenvalue weighted by Gasteiger charge is 2.06. The van der Waals surface area contributed by atoms with Crippen LogP contribution < -0.4 is 5.73 Å². The van der Waals surface area contributed by atoms with Crippen molar-refractivity contribution in [2.75, 3.05) is 6.54 Å². The molecule has 0 saturated carbocycles. The van der Waals surface area contributed by atoms with Gasteiger partial charge in [-0.2, -0.15) is 0 Å². The molecule has 0 aromatic heterocycles. The summed E-state index contributed by atoms with van der Waals surface area (Å²) in [6.07, 6.45) is 3.81. The van der Waals surface area contributed by atoms with E-state index in [-0.39, 0.29) is 0 Å². The van der Waals surface area contributed by atoms with Crippen LogP contribution in [0, 0.1) is 0 Å². The van der Waals surface area contributed by atoms with Crippen LogP contribution in [0.2, 0.25) is 10.0 Å². The Hall–Kier alpha value is -1.32. The fraction of sp³-hybridized carbons (Fsp3) is 0.176. The SMILES string of the molecule is NCC[C@H](O)c1cccc(C=Cc2c(Cl)cccc2Cl)c1. The Balaban J connectivity index is 2.23. The first-order chi connectivity index (χ1) is 10.1. The average molecular weight is 322 g/mol. The van der Waals surface area contributed by atoms with Crippen molar-refractivity contribution in [1.82, 2.24) is 0 Å². The second-order valence-electron chi connectivity index (χ2n) is 4.73. The average Bonchev–Trinajstić information content (AvgIpc) is 2.47. The Morgan fingerprint density at radius 1 is 1.05 bits per heavy atom. The van der Waals surface area contributed by atoms with E-state index >= 15 is 0 Å². The normalized spacial score (nSPS) is 12.8. The number of halogens is 2. The van der Waals surface area contributed by atoms with E-state index in [4.69, 9.17) is 28.9 Å². The van der Waals surface area contributed by atoms with Crippen molar-refractivity contribution in [1.29, 1.82) is 0 Å². The van der Waals surface area contributed by atoms with Gasteiger partial charge in [0.25, 0.3) is 0 Å². The minimum Gasteiger partial charge on any atom is -0.388 e. The lowest BCUT2D eigenvalue weighted by molar-refractivity contribution is 0.170.